The molecule has 0 saturated carbocycles. The van der Waals surface area contributed by atoms with Gasteiger partial charge < -0.3 is 15.3 Å². The largest absolute Gasteiger partial charge is 0.396 e. The molecule has 2 amide bonds. The molecule has 0 unspecified atom stereocenters. The van der Waals surface area contributed by atoms with Crippen LogP contribution in [0.5, 0.6) is 0 Å². The molecule has 0 fully saturated rings. The molecule has 0 saturated heterocycles. The minimum atomic E-state index is -0.135. The number of carbonyl (C=O) groups excluding carboxylic acids is 1. The lowest BCUT2D eigenvalue weighted by Gasteiger charge is -2.24. The fourth-order valence-electron chi connectivity index (χ4n) is 1.89. The lowest BCUT2D eigenvalue weighted by molar-refractivity contribution is 0.194. The van der Waals surface area contributed by atoms with Crippen LogP contribution in [-0.2, 0) is 0 Å². The minimum absolute atomic E-state index is 0.0537. The summed E-state index contributed by atoms with van der Waals surface area (Å²) >= 11 is 0. The standard InChI is InChI=1S/C14H22N2O2/c1-3-16(4-2)14(18)15-13(10-11-17)12-8-6-5-7-9-12/h5-9,13,17H,3-4,10-11H2,1-2H3,(H,15,18)/t13-/m1/s1. The third kappa shape index (κ3) is 4.04. The van der Waals surface area contributed by atoms with Gasteiger partial charge in [-0.25, -0.2) is 4.79 Å². The molecule has 0 spiro atoms. The first-order valence-corrected chi connectivity index (χ1v) is 6.44. The van der Waals surface area contributed by atoms with E-state index >= 15 is 0 Å². The summed E-state index contributed by atoms with van der Waals surface area (Å²) in [6.07, 6.45) is 0.525. The van der Waals surface area contributed by atoms with Crippen LogP contribution in [-0.4, -0.2) is 35.7 Å². The average Bonchev–Trinajstić information content (AvgIpc) is 2.40. The van der Waals surface area contributed by atoms with Crippen LogP contribution in [0.1, 0.15) is 31.9 Å². The van der Waals surface area contributed by atoms with Crippen LogP contribution in [0.25, 0.3) is 0 Å². The number of benzene rings is 1. The van der Waals surface area contributed by atoms with Gasteiger partial charge in [0.2, 0.25) is 0 Å². The van der Waals surface area contributed by atoms with Gasteiger partial charge in [-0.1, -0.05) is 30.3 Å². The van der Waals surface area contributed by atoms with Crippen molar-refractivity contribution in [3.05, 3.63) is 35.9 Å². The zero-order chi connectivity index (χ0) is 13.4. The SMILES string of the molecule is CCN(CC)C(=O)N[C@H](CCO)c1ccccc1. The number of hydrogen-bond donors (Lipinski definition) is 2. The number of nitrogens with one attached hydrogen (secondary N) is 1. The van der Waals surface area contributed by atoms with E-state index in [1.54, 1.807) is 4.90 Å². The third-order valence-electron chi connectivity index (χ3n) is 2.97. The Kier molecular flexibility index (Phi) is 6.22. The summed E-state index contributed by atoms with van der Waals surface area (Å²) in [5, 5.41) is 12.1. The second-order valence-corrected chi connectivity index (χ2v) is 4.10. The van der Waals surface area contributed by atoms with E-state index in [0.717, 1.165) is 5.56 Å². The molecule has 2 N–H and O–H groups in total. The predicted octanol–water partition coefficient (Wildman–Crippen LogP) is 2.16. The molecule has 0 heterocycles. The maximum absolute atomic E-state index is 12.0. The Hall–Kier alpha value is -1.55. The van der Waals surface area contributed by atoms with Crippen LogP contribution in [0.2, 0.25) is 0 Å². The third-order valence-corrected chi connectivity index (χ3v) is 2.97. The fourth-order valence-corrected chi connectivity index (χ4v) is 1.89. The van der Waals surface area contributed by atoms with Crippen molar-refractivity contribution in [3.8, 4) is 0 Å². The van der Waals surface area contributed by atoms with Crippen molar-refractivity contribution < 1.29 is 9.90 Å². The molecule has 0 aliphatic rings. The zero-order valence-electron chi connectivity index (χ0n) is 11.1. The summed E-state index contributed by atoms with van der Waals surface area (Å²) in [7, 11) is 0. The van der Waals surface area contributed by atoms with Crippen molar-refractivity contribution in [2.75, 3.05) is 19.7 Å². The van der Waals surface area contributed by atoms with Gasteiger partial charge in [-0.15, -0.1) is 0 Å². The van der Waals surface area contributed by atoms with Crippen LogP contribution in [0.3, 0.4) is 0 Å². The first-order chi connectivity index (χ1) is 8.72. The topological polar surface area (TPSA) is 52.6 Å². The predicted molar refractivity (Wildman–Crippen MR) is 72.3 cm³/mol. The van der Waals surface area contributed by atoms with Crippen LogP contribution < -0.4 is 5.32 Å². The first-order valence-electron chi connectivity index (χ1n) is 6.44. The monoisotopic (exact) mass is 250 g/mol. The molecule has 1 aromatic rings. The molecule has 1 atom stereocenters. The van der Waals surface area contributed by atoms with Crippen molar-refractivity contribution in [2.24, 2.45) is 0 Å². The number of aliphatic hydroxyl groups is 1. The quantitative estimate of drug-likeness (QED) is 0.813. The van der Waals surface area contributed by atoms with Crippen molar-refractivity contribution >= 4 is 6.03 Å². The van der Waals surface area contributed by atoms with E-state index in [1.807, 2.05) is 44.2 Å². The summed E-state index contributed by atoms with van der Waals surface area (Å²) in [6.45, 7) is 5.32. The number of aliphatic hydroxyl groups excluding tert-OH is 1. The van der Waals surface area contributed by atoms with Crippen molar-refractivity contribution in [1.82, 2.24) is 10.2 Å². The maximum atomic E-state index is 12.0. The fraction of sp³-hybridized carbons (Fsp3) is 0.500. The normalized spacial score (nSPS) is 11.9. The molecule has 18 heavy (non-hydrogen) atoms. The van der Waals surface area contributed by atoms with E-state index in [1.165, 1.54) is 0 Å². The van der Waals surface area contributed by atoms with Crippen molar-refractivity contribution in [1.29, 1.82) is 0 Å². The lowest BCUT2D eigenvalue weighted by Crippen LogP contribution is -2.41. The number of amides is 2. The molecular weight excluding hydrogens is 228 g/mol. The molecule has 1 rings (SSSR count). The molecule has 0 aliphatic carbocycles. The second-order valence-electron chi connectivity index (χ2n) is 4.10. The van der Waals surface area contributed by atoms with Crippen molar-refractivity contribution in [3.63, 3.8) is 0 Å². The molecule has 0 radical (unpaired) electrons. The lowest BCUT2D eigenvalue weighted by atomic mass is 10.0. The zero-order valence-corrected chi connectivity index (χ0v) is 11.1. The van der Waals surface area contributed by atoms with Gasteiger partial charge in [-0.3, -0.25) is 0 Å². The Morgan fingerprint density at radius 3 is 2.39 bits per heavy atom. The summed E-state index contributed by atoms with van der Waals surface area (Å²) in [6, 6.07) is 9.51. The smallest absolute Gasteiger partial charge is 0.317 e. The highest BCUT2D eigenvalue weighted by Crippen LogP contribution is 2.16. The molecule has 0 bridgehead atoms. The minimum Gasteiger partial charge on any atom is -0.396 e. The Labute approximate surface area is 109 Å². The number of nitrogens with zero attached hydrogens (tertiary/aromatic N) is 1. The molecule has 100 valence electrons. The first kappa shape index (κ1) is 14.5. The highest BCUT2D eigenvalue weighted by Gasteiger charge is 2.16. The number of urea groups is 1. The Morgan fingerprint density at radius 1 is 1.28 bits per heavy atom. The highest BCUT2D eigenvalue weighted by atomic mass is 16.3. The van der Waals surface area contributed by atoms with Gasteiger partial charge >= 0.3 is 6.03 Å². The van der Waals surface area contributed by atoms with Gasteiger partial charge in [0.1, 0.15) is 0 Å². The number of rotatable bonds is 6. The Balaban J connectivity index is 2.72. The van der Waals surface area contributed by atoms with Crippen LogP contribution in [0.4, 0.5) is 4.79 Å². The van der Waals surface area contributed by atoms with Crippen LogP contribution in [0.15, 0.2) is 30.3 Å². The molecule has 1 aromatic carbocycles. The molecule has 0 aliphatic heterocycles. The van der Waals surface area contributed by atoms with Gasteiger partial charge in [0.05, 0.1) is 6.04 Å². The van der Waals surface area contributed by atoms with E-state index in [4.69, 9.17) is 5.11 Å². The van der Waals surface area contributed by atoms with Crippen LogP contribution in [0, 0.1) is 0 Å². The van der Waals surface area contributed by atoms with Gasteiger partial charge in [0.15, 0.2) is 0 Å². The Bertz CT molecular complexity index is 350. The summed E-state index contributed by atoms with van der Waals surface area (Å²) in [4.78, 5) is 13.7. The number of carbonyl (C=O) groups is 1. The van der Waals surface area contributed by atoms with Gasteiger partial charge in [-0.05, 0) is 25.8 Å². The van der Waals surface area contributed by atoms with Crippen molar-refractivity contribution in [2.45, 2.75) is 26.3 Å². The van der Waals surface area contributed by atoms with Gasteiger partial charge in [-0.2, -0.15) is 0 Å². The van der Waals surface area contributed by atoms with E-state index < -0.39 is 0 Å². The number of hydrogen-bond acceptors (Lipinski definition) is 2. The van der Waals surface area contributed by atoms with Gasteiger partial charge in [0, 0.05) is 19.7 Å². The molecule has 4 nitrogen and oxygen atoms in total. The summed E-state index contributed by atoms with van der Waals surface area (Å²) in [5.74, 6) is 0. The maximum Gasteiger partial charge on any atom is 0.317 e. The van der Waals surface area contributed by atoms with Gasteiger partial charge in [0.25, 0.3) is 0 Å². The summed E-state index contributed by atoms with van der Waals surface area (Å²) < 4.78 is 0. The summed E-state index contributed by atoms with van der Waals surface area (Å²) in [5.41, 5.74) is 1.02. The second kappa shape index (κ2) is 7.71. The molecule has 4 heteroatoms. The highest BCUT2D eigenvalue weighted by molar-refractivity contribution is 5.74. The van der Waals surface area contributed by atoms with E-state index in [-0.39, 0.29) is 18.7 Å². The Morgan fingerprint density at radius 2 is 1.89 bits per heavy atom. The molecular formula is C14H22N2O2. The molecule has 0 aromatic heterocycles. The average molecular weight is 250 g/mol. The van der Waals surface area contributed by atoms with Crippen LogP contribution >= 0.6 is 0 Å². The van der Waals surface area contributed by atoms with E-state index in [0.29, 0.717) is 19.5 Å². The van der Waals surface area contributed by atoms with E-state index in [9.17, 15) is 4.79 Å². The van der Waals surface area contributed by atoms with E-state index in [2.05, 4.69) is 5.32 Å².